The van der Waals surface area contributed by atoms with Gasteiger partial charge in [0.25, 0.3) is 5.91 Å². The molecule has 1 aliphatic heterocycles. The van der Waals surface area contributed by atoms with Crippen LogP contribution in [-0.4, -0.2) is 64.9 Å². The molecule has 2 aromatic carbocycles. The van der Waals surface area contributed by atoms with Crippen molar-refractivity contribution >= 4 is 70.4 Å². The summed E-state index contributed by atoms with van der Waals surface area (Å²) in [5.41, 5.74) is 2.06. The van der Waals surface area contributed by atoms with Crippen LogP contribution in [0.15, 0.2) is 54.6 Å². The van der Waals surface area contributed by atoms with E-state index in [2.05, 4.69) is 15.2 Å². The zero-order chi connectivity index (χ0) is 26.6. The first-order valence-corrected chi connectivity index (χ1v) is 13.5. The molecule has 12 heteroatoms. The average Bonchev–Trinajstić information content (AvgIpc) is 3.29. The van der Waals surface area contributed by atoms with Gasteiger partial charge in [0.05, 0.1) is 15.7 Å². The van der Waals surface area contributed by atoms with Crippen LogP contribution in [0.3, 0.4) is 0 Å². The molecule has 2 aliphatic rings. The first-order chi connectivity index (χ1) is 18.3. The van der Waals surface area contributed by atoms with Gasteiger partial charge in [-0.25, -0.2) is 9.78 Å². The maximum absolute atomic E-state index is 12.7. The number of carbonyl (C=O) groups excluding carboxylic acids is 1. The molecule has 2 fully saturated rings. The zero-order valence-electron chi connectivity index (χ0n) is 20.1. The van der Waals surface area contributed by atoms with Crippen LogP contribution in [0, 0.1) is 18.8 Å². The van der Waals surface area contributed by atoms with Crippen molar-refractivity contribution in [1.82, 2.24) is 15.3 Å². The van der Waals surface area contributed by atoms with Crippen molar-refractivity contribution in [1.29, 1.82) is 0 Å². The summed E-state index contributed by atoms with van der Waals surface area (Å²) in [6.45, 7) is 3.13. The first kappa shape index (κ1) is 27.6. The second-order valence-electron chi connectivity index (χ2n) is 9.40. The fraction of sp³-hybridized carbons (Fsp3) is 0.222. The summed E-state index contributed by atoms with van der Waals surface area (Å²) >= 11 is 13.4. The van der Waals surface area contributed by atoms with Gasteiger partial charge >= 0.3 is 24.8 Å². The summed E-state index contributed by atoms with van der Waals surface area (Å²) in [4.78, 5) is 34.6. The fourth-order valence-corrected chi connectivity index (χ4v) is 6.30. The molecule has 6 rings (SSSR count). The molecule has 196 valence electrons. The molecule has 3 heterocycles. The zero-order valence-corrected chi connectivity index (χ0v) is 22.4. The first-order valence-electron chi connectivity index (χ1n) is 12.0. The molecule has 8 nitrogen and oxygen atoms in total. The summed E-state index contributed by atoms with van der Waals surface area (Å²) in [7, 11) is 0. The Morgan fingerprint density at radius 1 is 1.05 bits per heavy atom. The molecular formula is C27H23Cl2LiN4O4S. The van der Waals surface area contributed by atoms with Crippen molar-refractivity contribution in [2.45, 2.75) is 13.0 Å². The van der Waals surface area contributed by atoms with Crippen LogP contribution in [0.4, 0.5) is 5.13 Å². The van der Waals surface area contributed by atoms with Gasteiger partial charge in [0.15, 0.2) is 5.13 Å². The van der Waals surface area contributed by atoms with Crippen LogP contribution in [-0.2, 0) is 0 Å². The number of para-hydroxylation sites is 1. The molecule has 0 spiro atoms. The van der Waals surface area contributed by atoms with E-state index in [0.29, 0.717) is 45.9 Å². The van der Waals surface area contributed by atoms with Crippen LogP contribution in [0.25, 0.3) is 11.3 Å². The van der Waals surface area contributed by atoms with Gasteiger partial charge in [0.2, 0.25) is 0 Å². The summed E-state index contributed by atoms with van der Waals surface area (Å²) in [5, 5.41) is 14.1. The number of carbonyl (C=O) groups is 2. The van der Waals surface area contributed by atoms with Gasteiger partial charge in [-0.2, -0.15) is 0 Å². The third-order valence-electron chi connectivity index (χ3n) is 6.96. The van der Waals surface area contributed by atoms with Gasteiger partial charge in [0.1, 0.15) is 22.1 Å². The SMILES string of the molecule is Cc1[nH]c(C(=O)N[C@H]2[C@@H]3CN(c4nc(-c5ccc(Oc6ccccc6)cc5)c(C(=O)O)s4)C[C@@H]32)c(Cl)c1Cl.[LiH]. The van der Waals surface area contributed by atoms with E-state index in [-0.39, 0.29) is 58.2 Å². The number of rotatable bonds is 7. The predicted octanol–water partition coefficient (Wildman–Crippen LogP) is 5.46. The minimum absolute atomic E-state index is 0. The Bertz CT molecular complexity index is 1530. The van der Waals surface area contributed by atoms with Crippen molar-refractivity contribution in [3.05, 3.63) is 80.9 Å². The van der Waals surface area contributed by atoms with Gasteiger partial charge in [-0.05, 0) is 43.3 Å². The molecule has 3 N–H and O–H groups in total. The fourth-order valence-electron chi connectivity index (χ4n) is 4.94. The van der Waals surface area contributed by atoms with E-state index in [9.17, 15) is 14.7 Å². The van der Waals surface area contributed by atoms with Crippen LogP contribution >= 0.6 is 34.5 Å². The average molecular weight is 577 g/mol. The molecule has 1 saturated carbocycles. The molecule has 1 amide bonds. The molecule has 3 atom stereocenters. The Labute approximate surface area is 250 Å². The third-order valence-corrected chi connectivity index (χ3v) is 9.01. The molecule has 39 heavy (non-hydrogen) atoms. The number of thiazole rings is 1. The summed E-state index contributed by atoms with van der Waals surface area (Å²) in [6, 6.07) is 16.7. The van der Waals surface area contributed by atoms with E-state index in [0.717, 1.165) is 5.75 Å². The normalized spacial score (nSPS) is 19.3. The topological polar surface area (TPSA) is 108 Å². The number of amides is 1. The number of nitrogens with one attached hydrogen (secondary N) is 2. The minimum atomic E-state index is -1.01. The monoisotopic (exact) mass is 576 g/mol. The van der Waals surface area contributed by atoms with Crippen molar-refractivity contribution < 1.29 is 19.4 Å². The molecule has 0 radical (unpaired) electrons. The number of ether oxygens (including phenoxy) is 1. The number of nitrogens with zero attached hydrogens (tertiary/aromatic N) is 2. The van der Waals surface area contributed by atoms with Crippen molar-refractivity contribution in [3.63, 3.8) is 0 Å². The molecule has 1 saturated heterocycles. The summed E-state index contributed by atoms with van der Waals surface area (Å²) < 4.78 is 5.84. The summed E-state index contributed by atoms with van der Waals surface area (Å²) in [6.07, 6.45) is 0. The number of halogens is 2. The Kier molecular flexibility index (Phi) is 7.73. The van der Waals surface area contributed by atoms with E-state index in [1.165, 1.54) is 11.3 Å². The molecular weight excluding hydrogens is 554 g/mol. The van der Waals surface area contributed by atoms with E-state index < -0.39 is 5.97 Å². The van der Waals surface area contributed by atoms with Crippen LogP contribution in [0.1, 0.15) is 25.9 Å². The number of fused-ring (bicyclic) bond motifs is 1. The van der Waals surface area contributed by atoms with Gasteiger partial charge in [-0.1, -0.05) is 52.7 Å². The van der Waals surface area contributed by atoms with Crippen LogP contribution in [0.2, 0.25) is 10.0 Å². The third kappa shape index (κ3) is 5.30. The number of carboxylic acids is 1. The number of carboxylic acid groups (broad SMARTS) is 1. The quantitative estimate of drug-likeness (QED) is 0.252. The van der Waals surface area contributed by atoms with Crippen LogP contribution in [0.5, 0.6) is 11.5 Å². The van der Waals surface area contributed by atoms with Crippen molar-refractivity contribution in [2.24, 2.45) is 11.8 Å². The second-order valence-corrected chi connectivity index (χ2v) is 11.1. The van der Waals surface area contributed by atoms with Gasteiger partial charge in [0, 0.05) is 42.2 Å². The van der Waals surface area contributed by atoms with Crippen LogP contribution < -0.4 is 15.0 Å². The Morgan fingerprint density at radius 2 is 1.69 bits per heavy atom. The number of piperidine rings is 1. The Balaban J connectivity index is 0.00000308. The van der Waals surface area contributed by atoms with Gasteiger partial charge < -0.3 is 25.0 Å². The number of hydrogen-bond donors (Lipinski definition) is 3. The van der Waals surface area contributed by atoms with Gasteiger partial charge in [-0.3, -0.25) is 4.79 Å². The number of hydrogen-bond acceptors (Lipinski definition) is 6. The molecule has 2 aromatic heterocycles. The van der Waals surface area contributed by atoms with E-state index in [4.69, 9.17) is 32.9 Å². The Morgan fingerprint density at radius 3 is 2.28 bits per heavy atom. The Hall–Kier alpha value is -2.93. The standard InChI is InChI=1S/C27H22Cl2N4O4S.Li.H/c1-13-19(28)20(29)23(30-13)25(34)31-22-17-11-33(12-18(17)22)27-32-21(24(38-27)26(35)36)14-7-9-16(10-8-14)37-15-5-3-2-4-6-15;;/h2-10,17-18,22,30H,11-12H2,1H3,(H,31,34)(H,35,36);;/t17-,18+,22+;;. The number of aryl methyl sites for hydroxylation is 1. The number of aromatic carboxylic acids is 1. The predicted molar refractivity (Wildman–Crippen MR) is 154 cm³/mol. The second kappa shape index (κ2) is 10.9. The number of anilines is 1. The maximum atomic E-state index is 12.7. The molecule has 4 aromatic rings. The van der Waals surface area contributed by atoms with Gasteiger partial charge in [-0.15, -0.1) is 0 Å². The molecule has 0 unspecified atom stereocenters. The summed E-state index contributed by atoms with van der Waals surface area (Å²) in [5.74, 6) is 0.607. The number of benzene rings is 2. The number of aromatic amines is 1. The number of aromatic nitrogens is 2. The molecule has 1 aliphatic carbocycles. The van der Waals surface area contributed by atoms with Crippen molar-refractivity contribution in [3.8, 4) is 22.8 Å². The van der Waals surface area contributed by atoms with E-state index in [1.807, 2.05) is 42.5 Å². The van der Waals surface area contributed by atoms with E-state index >= 15 is 0 Å². The van der Waals surface area contributed by atoms with Crippen molar-refractivity contribution in [2.75, 3.05) is 18.0 Å². The number of H-pyrrole nitrogens is 1. The van der Waals surface area contributed by atoms with E-state index in [1.54, 1.807) is 19.1 Å². The molecule has 0 bridgehead atoms.